The first-order valence-corrected chi connectivity index (χ1v) is 5.26. The number of nitrogens with two attached hydrogens (primary N) is 1. The average Bonchev–Trinajstić information content (AvgIpc) is 2.66. The van der Waals surface area contributed by atoms with E-state index in [1.54, 1.807) is 17.1 Å². The second kappa shape index (κ2) is 5.50. The van der Waals surface area contributed by atoms with Gasteiger partial charge < -0.3 is 11.1 Å². The average molecular weight is 210 g/mol. The van der Waals surface area contributed by atoms with E-state index in [2.05, 4.69) is 10.4 Å². The van der Waals surface area contributed by atoms with E-state index >= 15 is 0 Å². The monoisotopic (exact) mass is 210 g/mol. The van der Waals surface area contributed by atoms with Crippen LogP contribution in [-0.2, 0) is 11.3 Å². The van der Waals surface area contributed by atoms with Crippen molar-refractivity contribution in [2.24, 2.45) is 5.73 Å². The molecular formula is C10H18N4O. The zero-order valence-corrected chi connectivity index (χ0v) is 9.23. The summed E-state index contributed by atoms with van der Waals surface area (Å²) in [5, 5.41) is 6.79. The number of rotatable bonds is 5. The van der Waals surface area contributed by atoms with Crippen LogP contribution in [0.2, 0.25) is 0 Å². The maximum atomic E-state index is 11.5. The van der Waals surface area contributed by atoms with E-state index in [0.29, 0.717) is 12.1 Å². The topological polar surface area (TPSA) is 72.9 Å². The number of carbonyl (C=O) groups is 1. The van der Waals surface area contributed by atoms with Crippen molar-refractivity contribution >= 4 is 11.6 Å². The van der Waals surface area contributed by atoms with Gasteiger partial charge in [-0.05, 0) is 13.3 Å². The molecule has 0 aliphatic heterocycles. The van der Waals surface area contributed by atoms with Gasteiger partial charge in [-0.3, -0.25) is 9.48 Å². The smallest absolute Gasteiger partial charge is 0.241 e. The van der Waals surface area contributed by atoms with Gasteiger partial charge in [0.1, 0.15) is 0 Å². The molecule has 0 bridgehead atoms. The largest absolute Gasteiger partial charge is 0.322 e. The second-order valence-corrected chi connectivity index (χ2v) is 3.47. The van der Waals surface area contributed by atoms with Gasteiger partial charge in [0, 0.05) is 12.7 Å². The van der Waals surface area contributed by atoms with E-state index in [1.165, 1.54) is 0 Å². The zero-order valence-electron chi connectivity index (χ0n) is 9.23. The predicted octanol–water partition coefficient (Wildman–Crippen LogP) is 0.969. The van der Waals surface area contributed by atoms with Crippen molar-refractivity contribution < 1.29 is 4.79 Å². The molecule has 1 heterocycles. The molecule has 1 rings (SSSR count). The van der Waals surface area contributed by atoms with Gasteiger partial charge in [-0.15, -0.1) is 0 Å². The summed E-state index contributed by atoms with van der Waals surface area (Å²) >= 11 is 0. The quantitative estimate of drug-likeness (QED) is 0.760. The van der Waals surface area contributed by atoms with Crippen molar-refractivity contribution in [3.05, 3.63) is 12.4 Å². The summed E-state index contributed by atoms with van der Waals surface area (Å²) in [5.74, 6) is -0.146. The fraction of sp³-hybridized carbons (Fsp3) is 0.600. The Hall–Kier alpha value is -1.36. The van der Waals surface area contributed by atoms with Crippen LogP contribution in [0.3, 0.4) is 0 Å². The summed E-state index contributed by atoms with van der Waals surface area (Å²) in [6, 6.07) is -0.431. The standard InChI is InChI=1S/C10H18N4O/c1-3-5-9(11)10(15)13-8-6-12-14(4-2)7-8/h6-7,9H,3-5,11H2,1-2H3,(H,13,15)/t9-/m1/s1. The minimum Gasteiger partial charge on any atom is -0.322 e. The van der Waals surface area contributed by atoms with Crippen LogP contribution >= 0.6 is 0 Å². The van der Waals surface area contributed by atoms with Crippen LogP contribution in [0.15, 0.2) is 12.4 Å². The van der Waals surface area contributed by atoms with Gasteiger partial charge in [0.2, 0.25) is 5.91 Å². The highest BCUT2D eigenvalue weighted by atomic mass is 16.2. The van der Waals surface area contributed by atoms with Crippen molar-refractivity contribution in [2.75, 3.05) is 5.32 Å². The van der Waals surface area contributed by atoms with Crippen molar-refractivity contribution in [1.29, 1.82) is 0 Å². The molecule has 3 N–H and O–H groups in total. The fourth-order valence-corrected chi connectivity index (χ4v) is 1.28. The molecule has 5 heteroatoms. The van der Waals surface area contributed by atoms with E-state index in [0.717, 1.165) is 13.0 Å². The zero-order chi connectivity index (χ0) is 11.3. The Labute approximate surface area is 89.6 Å². The van der Waals surface area contributed by atoms with Crippen LogP contribution < -0.4 is 11.1 Å². The van der Waals surface area contributed by atoms with Crippen LogP contribution in [0.1, 0.15) is 26.7 Å². The van der Waals surface area contributed by atoms with E-state index < -0.39 is 6.04 Å². The number of hydrogen-bond donors (Lipinski definition) is 2. The van der Waals surface area contributed by atoms with Gasteiger partial charge in [0.15, 0.2) is 0 Å². The third kappa shape index (κ3) is 3.36. The van der Waals surface area contributed by atoms with Gasteiger partial charge in [0.25, 0.3) is 0 Å². The molecule has 15 heavy (non-hydrogen) atoms. The van der Waals surface area contributed by atoms with Crippen LogP contribution in [0.4, 0.5) is 5.69 Å². The lowest BCUT2D eigenvalue weighted by molar-refractivity contribution is -0.117. The molecule has 0 aliphatic carbocycles. The van der Waals surface area contributed by atoms with E-state index in [-0.39, 0.29) is 5.91 Å². The molecule has 1 atom stereocenters. The summed E-state index contributed by atoms with van der Waals surface area (Å²) in [5.41, 5.74) is 6.38. The maximum absolute atomic E-state index is 11.5. The van der Waals surface area contributed by atoms with Gasteiger partial charge in [-0.2, -0.15) is 5.10 Å². The van der Waals surface area contributed by atoms with E-state index in [9.17, 15) is 4.79 Å². The number of aryl methyl sites for hydroxylation is 1. The first-order valence-electron chi connectivity index (χ1n) is 5.26. The van der Waals surface area contributed by atoms with Gasteiger partial charge in [0.05, 0.1) is 17.9 Å². The van der Waals surface area contributed by atoms with E-state index in [4.69, 9.17) is 5.73 Å². The lowest BCUT2D eigenvalue weighted by Crippen LogP contribution is -2.35. The lowest BCUT2D eigenvalue weighted by atomic mass is 10.2. The van der Waals surface area contributed by atoms with Crippen LogP contribution in [0, 0.1) is 0 Å². The van der Waals surface area contributed by atoms with Crippen LogP contribution in [0.5, 0.6) is 0 Å². The number of hydrogen-bond acceptors (Lipinski definition) is 3. The lowest BCUT2D eigenvalue weighted by Gasteiger charge is -2.09. The molecular weight excluding hydrogens is 192 g/mol. The number of nitrogens with zero attached hydrogens (tertiary/aromatic N) is 2. The van der Waals surface area contributed by atoms with Crippen molar-refractivity contribution in [3.63, 3.8) is 0 Å². The third-order valence-electron chi connectivity index (χ3n) is 2.16. The Balaban J connectivity index is 2.50. The highest BCUT2D eigenvalue weighted by molar-refractivity contribution is 5.94. The normalized spacial score (nSPS) is 12.5. The number of aromatic nitrogens is 2. The molecule has 0 fully saturated rings. The number of nitrogens with one attached hydrogen (secondary N) is 1. The van der Waals surface area contributed by atoms with Crippen molar-refractivity contribution in [3.8, 4) is 0 Å². The van der Waals surface area contributed by atoms with Crippen LogP contribution in [0.25, 0.3) is 0 Å². The molecule has 0 aliphatic rings. The minimum absolute atomic E-state index is 0.146. The van der Waals surface area contributed by atoms with Gasteiger partial charge >= 0.3 is 0 Å². The third-order valence-corrected chi connectivity index (χ3v) is 2.16. The molecule has 0 unspecified atom stereocenters. The summed E-state index contributed by atoms with van der Waals surface area (Å²) in [6.07, 6.45) is 5.02. The van der Waals surface area contributed by atoms with Crippen molar-refractivity contribution in [1.82, 2.24) is 9.78 Å². The molecule has 1 amide bonds. The molecule has 0 aromatic carbocycles. The molecule has 0 saturated heterocycles. The second-order valence-electron chi connectivity index (χ2n) is 3.47. The number of anilines is 1. The molecule has 1 aromatic heterocycles. The van der Waals surface area contributed by atoms with Gasteiger partial charge in [-0.25, -0.2) is 0 Å². The summed E-state index contributed by atoms with van der Waals surface area (Å²) in [6.45, 7) is 4.78. The summed E-state index contributed by atoms with van der Waals surface area (Å²) in [4.78, 5) is 11.5. The van der Waals surface area contributed by atoms with Crippen molar-refractivity contribution in [2.45, 2.75) is 39.3 Å². The summed E-state index contributed by atoms with van der Waals surface area (Å²) < 4.78 is 1.75. The molecule has 0 spiro atoms. The molecule has 5 nitrogen and oxygen atoms in total. The highest BCUT2D eigenvalue weighted by Crippen LogP contribution is 2.06. The number of carbonyl (C=O) groups excluding carboxylic acids is 1. The fourth-order valence-electron chi connectivity index (χ4n) is 1.28. The Morgan fingerprint density at radius 2 is 2.40 bits per heavy atom. The molecule has 84 valence electrons. The van der Waals surface area contributed by atoms with Gasteiger partial charge in [-0.1, -0.05) is 13.3 Å². The highest BCUT2D eigenvalue weighted by Gasteiger charge is 2.12. The Kier molecular flexibility index (Phi) is 4.30. The SMILES string of the molecule is CCC[C@@H](N)C(=O)Nc1cnn(CC)c1. The maximum Gasteiger partial charge on any atom is 0.241 e. The first-order chi connectivity index (χ1) is 7.17. The molecule has 0 saturated carbocycles. The molecule has 1 aromatic rings. The Bertz CT molecular complexity index is 321. The molecule has 0 radical (unpaired) electrons. The summed E-state index contributed by atoms with van der Waals surface area (Å²) in [7, 11) is 0. The van der Waals surface area contributed by atoms with Crippen LogP contribution in [-0.4, -0.2) is 21.7 Å². The Morgan fingerprint density at radius 3 is 2.93 bits per heavy atom. The first kappa shape index (κ1) is 11.7. The Morgan fingerprint density at radius 1 is 1.67 bits per heavy atom. The number of amides is 1. The predicted molar refractivity (Wildman–Crippen MR) is 59.4 cm³/mol. The minimum atomic E-state index is -0.431. The van der Waals surface area contributed by atoms with E-state index in [1.807, 2.05) is 13.8 Å².